The molecular weight excluding hydrogens is 426 g/mol. The third-order valence-electron chi connectivity index (χ3n) is 5.70. The minimum absolute atomic E-state index is 0.0162. The van der Waals surface area contributed by atoms with Gasteiger partial charge in [-0.15, -0.1) is 0 Å². The van der Waals surface area contributed by atoms with E-state index in [4.69, 9.17) is 9.47 Å². The van der Waals surface area contributed by atoms with Crippen LogP contribution in [0.25, 0.3) is 0 Å². The predicted molar refractivity (Wildman–Crippen MR) is 109 cm³/mol. The van der Waals surface area contributed by atoms with Crippen LogP contribution in [-0.2, 0) is 19.4 Å². The van der Waals surface area contributed by atoms with Crippen molar-refractivity contribution < 1.29 is 32.3 Å². The van der Waals surface area contributed by atoms with Gasteiger partial charge in [-0.25, -0.2) is 13.2 Å². The number of carbonyl (C=O) groups excluding carboxylic acids is 3. The highest BCUT2D eigenvalue weighted by Gasteiger charge is 2.41. The van der Waals surface area contributed by atoms with Crippen LogP contribution in [-0.4, -0.2) is 80.4 Å². The van der Waals surface area contributed by atoms with Crippen LogP contribution in [0.15, 0.2) is 18.2 Å². The van der Waals surface area contributed by atoms with E-state index in [9.17, 15) is 22.8 Å². The number of likely N-dealkylation sites (tertiary alicyclic amines) is 1. The van der Waals surface area contributed by atoms with E-state index in [1.807, 2.05) is 18.2 Å². The minimum atomic E-state index is -3.27. The summed E-state index contributed by atoms with van der Waals surface area (Å²) in [7, 11) is -3.27. The standard InChI is InChI=1S/C20H25N3O7S/c1-31(27,28)10-6-14-19(25)23(20(26)21-14)12-18(24)22-7-2-3-15(22)13-4-5-16-17(11-13)30-9-8-29-16/h4-5,11,14-15H,2-3,6-10,12H2,1H3,(H,21,26)/t14-,15+/m1/s1. The first-order valence-corrected chi connectivity index (χ1v) is 12.3. The van der Waals surface area contributed by atoms with Crippen molar-refractivity contribution in [2.45, 2.75) is 31.3 Å². The summed E-state index contributed by atoms with van der Waals surface area (Å²) in [5, 5.41) is 2.47. The molecule has 0 saturated carbocycles. The Kier molecular flexibility index (Phi) is 5.78. The fraction of sp³-hybridized carbons (Fsp3) is 0.550. The topological polar surface area (TPSA) is 122 Å². The first kappa shape index (κ1) is 21.4. The lowest BCUT2D eigenvalue weighted by Crippen LogP contribution is -2.43. The first-order valence-electron chi connectivity index (χ1n) is 10.2. The lowest BCUT2D eigenvalue weighted by Gasteiger charge is -2.28. The average Bonchev–Trinajstić information content (AvgIpc) is 3.32. The summed E-state index contributed by atoms with van der Waals surface area (Å²) >= 11 is 0. The van der Waals surface area contributed by atoms with Gasteiger partial charge in [-0.1, -0.05) is 6.07 Å². The zero-order valence-electron chi connectivity index (χ0n) is 17.2. The molecule has 3 aliphatic rings. The quantitative estimate of drug-likeness (QED) is 0.624. The molecule has 0 aromatic heterocycles. The summed E-state index contributed by atoms with van der Waals surface area (Å²) in [6.45, 7) is 1.12. The van der Waals surface area contributed by atoms with E-state index in [0.717, 1.165) is 29.6 Å². The zero-order chi connectivity index (χ0) is 22.2. The number of carbonyl (C=O) groups is 3. The normalized spacial score (nSPS) is 23.3. The van der Waals surface area contributed by atoms with Gasteiger partial charge in [0.15, 0.2) is 11.5 Å². The van der Waals surface area contributed by atoms with E-state index < -0.39 is 27.8 Å². The van der Waals surface area contributed by atoms with Crippen molar-refractivity contribution in [3.05, 3.63) is 23.8 Å². The van der Waals surface area contributed by atoms with E-state index in [2.05, 4.69) is 5.32 Å². The van der Waals surface area contributed by atoms with Crippen molar-refractivity contribution in [2.75, 3.05) is 38.3 Å². The van der Waals surface area contributed by atoms with Crippen LogP contribution in [0.5, 0.6) is 11.5 Å². The highest BCUT2D eigenvalue weighted by atomic mass is 32.2. The van der Waals surface area contributed by atoms with Crippen LogP contribution in [0.2, 0.25) is 0 Å². The Bertz CT molecular complexity index is 1010. The molecule has 0 aliphatic carbocycles. The number of amides is 4. The van der Waals surface area contributed by atoms with Crippen molar-refractivity contribution in [3.8, 4) is 11.5 Å². The Balaban J connectivity index is 1.43. The van der Waals surface area contributed by atoms with Gasteiger partial charge in [-0.2, -0.15) is 0 Å². The van der Waals surface area contributed by atoms with E-state index in [1.165, 1.54) is 0 Å². The van der Waals surface area contributed by atoms with Crippen LogP contribution >= 0.6 is 0 Å². The Morgan fingerprint density at radius 2 is 1.94 bits per heavy atom. The third kappa shape index (κ3) is 4.60. The number of fused-ring (bicyclic) bond motifs is 1. The van der Waals surface area contributed by atoms with Crippen molar-refractivity contribution >= 4 is 27.7 Å². The van der Waals surface area contributed by atoms with Gasteiger partial charge in [-0.3, -0.25) is 14.5 Å². The Morgan fingerprint density at radius 1 is 1.19 bits per heavy atom. The number of nitrogens with zero attached hydrogens (tertiary/aromatic N) is 2. The highest BCUT2D eigenvalue weighted by molar-refractivity contribution is 7.90. The maximum atomic E-state index is 13.0. The van der Waals surface area contributed by atoms with E-state index in [-0.39, 0.29) is 30.7 Å². The van der Waals surface area contributed by atoms with E-state index in [0.29, 0.717) is 31.3 Å². The molecule has 2 fully saturated rings. The number of rotatable bonds is 6. The monoisotopic (exact) mass is 451 g/mol. The fourth-order valence-electron chi connectivity index (χ4n) is 4.16. The molecule has 11 heteroatoms. The van der Waals surface area contributed by atoms with Gasteiger partial charge in [0.05, 0.1) is 11.8 Å². The largest absolute Gasteiger partial charge is 0.486 e. The van der Waals surface area contributed by atoms with Crippen LogP contribution in [0, 0.1) is 0 Å². The van der Waals surface area contributed by atoms with Crippen molar-refractivity contribution in [2.24, 2.45) is 0 Å². The maximum Gasteiger partial charge on any atom is 0.325 e. The van der Waals surface area contributed by atoms with Crippen molar-refractivity contribution in [1.29, 1.82) is 0 Å². The first-order chi connectivity index (χ1) is 14.7. The molecule has 10 nitrogen and oxygen atoms in total. The summed E-state index contributed by atoms with van der Waals surface area (Å²) in [5.74, 6) is 0.196. The molecule has 1 aromatic carbocycles. The van der Waals surface area contributed by atoms with Crippen LogP contribution in [0.3, 0.4) is 0 Å². The molecule has 2 saturated heterocycles. The molecule has 0 unspecified atom stereocenters. The highest BCUT2D eigenvalue weighted by Crippen LogP contribution is 2.38. The van der Waals surface area contributed by atoms with E-state index in [1.54, 1.807) is 4.90 Å². The Labute approximate surface area is 180 Å². The molecule has 1 N–H and O–H groups in total. The molecular formula is C20H25N3O7S. The van der Waals surface area contributed by atoms with Gasteiger partial charge in [0.25, 0.3) is 5.91 Å². The average molecular weight is 452 g/mol. The predicted octanol–water partition coefficient (Wildman–Crippen LogP) is 0.476. The van der Waals surface area contributed by atoms with Gasteiger partial charge in [-0.05, 0) is 37.0 Å². The summed E-state index contributed by atoms with van der Waals surface area (Å²) in [4.78, 5) is 40.3. The van der Waals surface area contributed by atoms with Crippen molar-refractivity contribution in [3.63, 3.8) is 0 Å². The second-order valence-corrected chi connectivity index (χ2v) is 10.3. The fourth-order valence-corrected chi connectivity index (χ4v) is 4.82. The molecule has 2 atom stereocenters. The number of hydrogen-bond donors (Lipinski definition) is 1. The van der Waals surface area contributed by atoms with Gasteiger partial charge in [0.1, 0.15) is 35.6 Å². The molecule has 4 rings (SSSR count). The van der Waals surface area contributed by atoms with Crippen LogP contribution in [0.1, 0.15) is 30.9 Å². The number of nitrogens with one attached hydrogen (secondary N) is 1. The maximum absolute atomic E-state index is 13.0. The molecule has 4 amide bonds. The Hall–Kier alpha value is -2.82. The molecule has 3 heterocycles. The summed E-state index contributed by atoms with van der Waals surface area (Å²) in [6, 6.07) is 3.83. The summed E-state index contributed by atoms with van der Waals surface area (Å²) in [6.07, 6.45) is 2.63. The molecule has 0 bridgehead atoms. The van der Waals surface area contributed by atoms with Gasteiger partial charge >= 0.3 is 6.03 Å². The molecule has 31 heavy (non-hydrogen) atoms. The number of ether oxygens (including phenoxy) is 2. The number of sulfone groups is 1. The molecule has 168 valence electrons. The summed E-state index contributed by atoms with van der Waals surface area (Å²) < 4.78 is 33.9. The third-order valence-corrected chi connectivity index (χ3v) is 6.68. The van der Waals surface area contributed by atoms with Gasteiger partial charge in [0.2, 0.25) is 5.91 Å². The SMILES string of the molecule is CS(=O)(=O)CC[C@H]1NC(=O)N(CC(=O)N2CCC[C@H]2c2ccc3c(c2)OCCO3)C1=O. The Morgan fingerprint density at radius 3 is 2.68 bits per heavy atom. The van der Waals surface area contributed by atoms with Crippen LogP contribution in [0.4, 0.5) is 4.79 Å². The second kappa shape index (κ2) is 8.37. The number of hydrogen-bond acceptors (Lipinski definition) is 7. The van der Waals surface area contributed by atoms with Gasteiger partial charge < -0.3 is 19.7 Å². The number of urea groups is 1. The lowest BCUT2D eigenvalue weighted by molar-refractivity contribution is -0.138. The van der Waals surface area contributed by atoms with Gasteiger partial charge in [0, 0.05) is 12.8 Å². The van der Waals surface area contributed by atoms with Crippen molar-refractivity contribution in [1.82, 2.24) is 15.1 Å². The smallest absolute Gasteiger partial charge is 0.325 e. The molecule has 1 aromatic rings. The van der Waals surface area contributed by atoms with E-state index >= 15 is 0 Å². The molecule has 3 aliphatic heterocycles. The molecule has 0 spiro atoms. The minimum Gasteiger partial charge on any atom is -0.486 e. The van der Waals surface area contributed by atoms with Crippen LogP contribution < -0.4 is 14.8 Å². The molecule has 0 radical (unpaired) electrons. The zero-order valence-corrected chi connectivity index (χ0v) is 18.0. The summed E-state index contributed by atoms with van der Waals surface area (Å²) in [5.41, 5.74) is 0.915. The number of imide groups is 1. The second-order valence-electron chi connectivity index (χ2n) is 7.99. The number of benzene rings is 1. The lowest BCUT2D eigenvalue weighted by atomic mass is 10.0.